The van der Waals surface area contributed by atoms with Crippen molar-refractivity contribution in [3.8, 4) is 28.7 Å². The number of nitrogens with zero attached hydrogens (tertiary/aromatic N) is 2. The molecule has 0 atom stereocenters. The van der Waals surface area contributed by atoms with E-state index < -0.39 is 0 Å². The highest BCUT2D eigenvalue weighted by molar-refractivity contribution is 6.42. The average molecular weight is 381 g/mol. The Labute approximate surface area is 154 Å². The number of hydrogen-bond acceptors (Lipinski definition) is 6. The molecule has 0 amide bonds. The molecule has 1 aromatic heterocycles. The minimum Gasteiger partial charge on any atom is -0.493 e. The Morgan fingerprint density at radius 2 is 1.72 bits per heavy atom. The van der Waals surface area contributed by atoms with Gasteiger partial charge in [-0.25, -0.2) is 0 Å². The molecule has 130 valence electrons. The average Bonchev–Trinajstić information content (AvgIpc) is 3.11. The minimum atomic E-state index is 0.109. The first-order valence-electron chi connectivity index (χ1n) is 7.23. The summed E-state index contributed by atoms with van der Waals surface area (Å²) in [7, 11) is 3.13. The van der Waals surface area contributed by atoms with Gasteiger partial charge in [-0.15, -0.1) is 10.2 Å². The summed E-state index contributed by atoms with van der Waals surface area (Å²) in [5.74, 6) is 2.44. The molecule has 0 radical (unpaired) electrons. The van der Waals surface area contributed by atoms with Crippen molar-refractivity contribution in [2.24, 2.45) is 0 Å². The molecule has 0 fully saturated rings. The van der Waals surface area contributed by atoms with Crippen molar-refractivity contribution in [1.82, 2.24) is 10.2 Å². The Morgan fingerprint density at radius 1 is 0.920 bits per heavy atom. The molecular weight excluding hydrogens is 367 g/mol. The largest absolute Gasteiger partial charge is 0.493 e. The summed E-state index contributed by atoms with van der Waals surface area (Å²) < 4.78 is 21.7. The summed E-state index contributed by atoms with van der Waals surface area (Å²) in [6, 6.07) is 10.3. The second-order valence-electron chi connectivity index (χ2n) is 4.94. The van der Waals surface area contributed by atoms with Gasteiger partial charge in [-0.05, 0) is 30.3 Å². The van der Waals surface area contributed by atoms with Crippen molar-refractivity contribution in [3.63, 3.8) is 0 Å². The van der Waals surface area contributed by atoms with E-state index in [1.807, 2.05) is 0 Å². The van der Waals surface area contributed by atoms with Crippen LogP contribution in [-0.2, 0) is 6.61 Å². The maximum Gasteiger partial charge on any atom is 0.254 e. The number of benzene rings is 2. The smallest absolute Gasteiger partial charge is 0.254 e. The van der Waals surface area contributed by atoms with Crippen LogP contribution in [0.4, 0.5) is 0 Å². The van der Waals surface area contributed by atoms with Gasteiger partial charge in [-0.3, -0.25) is 0 Å². The van der Waals surface area contributed by atoms with Gasteiger partial charge in [0.2, 0.25) is 5.89 Å². The van der Waals surface area contributed by atoms with Crippen LogP contribution < -0.4 is 14.2 Å². The summed E-state index contributed by atoms with van der Waals surface area (Å²) in [6.07, 6.45) is 0. The number of hydrogen-bond donors (Lipinski definition) is 0. The number of halogens is 2. The van der Waals surface area contributed by atoms with Crippen LogP contribution in [0.2, 0.25) is 10.0 Å². The quantitative estimate of drug-likeness (QED) is 0.620. The van der Waals surface area contributed by atoms with Crippen molar-refractivity contribution in [2.45, 2.75) is 6.61 Å². The molecule has 0 unspecified atom stereocenters. The lowest BCUT2D eigenvalue weighted by atomic mass is 10.2. The van der Waals surface area contributed by atoms with Crippen LogP contribution in [0.25, 0.3) is 11.5 Å². The van der Waals surface area contributed by atoms with E-state index in [9.17, 15) is 0 Å². The second-order valence-corrected chi connectivity index (χ2v) is 5.75. The Morgan fingerprint density at radius 3 is 2.44 bits per heavy atom. The predicted molar refractivity (Wildman–Crippen MR) is 93.6 cm³/mol. The summed E-state index contributed by atoms with van der Waals surface area (Å²) >= 11 is 11.8. The lowest BCUT2D eigenvalue weighted by Gasteiger charge is -2.07. The van der Waals surface area contributed by atoms with Crippen LogP contribution >= 0.6 is 23.2 Å². The fourth-order valence-corrected chi connectivity index (χ4v) is 2.40. The van der Waals surface area contributed by atoms with Crippen molar-refractivity contribution in [1.29, 1.82) is 0 Å². The van der Waals surface area contributed by atoms with Gasteiger partial charge >= 0.3 is 0 Å². The SMILES string of the molecule is COc1ccc(-c2nnc(COc3ccc(Cl)c(Cl)c3)o2)cc1OC. The summed E-state index contributed by atoms with van der Waals surface area (Å²) in [6.45, 7) is 0.109. The molecule has 0 aliphatic heterocycles. The molecule has 3 rings (SSSR count). The van der Waals surface area contributed by atoms with E-state index in [0.29, 0.717) is 44.6 Å². The third kappa shape index (κ3) is 3.97. The molecule has 1 heterocycles. The highest BCUT2D eigenvalue weighted by Crippen LogP contribution is 2.32. The Kier molecular flexibility index (Phi) is 5.31. The third-order valence-electron chi connectivity index (χ3n) is 3.35. The number of aromatic nitrogens is 2. The Balaban J connectivity index is 1.73. The molecule has 0 saturated heterocycles. The van der Waals surface area contributed by atoms with Crippen LogP contribution in [0.3, 0.4) is 0 Å². The number of rotatable bonds is 6. The van der Waals surface area contributed by atoms with E-state index >= 15 is 0 Å². The Bertz CT molecular complexity index is 883. The molecule has 2 aromatic carbocycles. The monoisotopic (exact) mass is 380 g/mol. The van der Waals surface area contributed by atoms with Gasteiger partial charge in [-0.2, -0.15) is 0 Å². The third-order valence-corrected chi connectivity index (χ3v) is 4.09. The van der Waals surface area contributed by atoms with Gasteiger partial charge in [0.15, 0.2) is 18.1 Å². The van der Waals surface area contributed by atoms with E-state index in [1.54, 1.807) is 50.6 Å². The molecule has 0 aliphatic carbocycles. The van der Waals surface area contributed by atoms with Gasteiger partial charge in [0, 0.05) is 11.6 Å². The number of methoxy groups -OCH3 is 2. The van der Waals surface area contributed by atoms with Crippen molar-refractivity contribution in [2.75, 3.05) is 14.2 Å². The van der Waals surface area contributed by atoms with Crippen molar-refractivity contribution >= 4 is 23.2 Å². The molecule has 25 heavy (non-hydrogen) atoms. The normalized spacial score (nSPS) is 10.6. The zero-order valence-corrected chi connectivity index (χ0v) is 15.0. The van der Waals surface area contributed by atoms with Gasteiger partial charge in [-0.1, -0.05) is 23.2 Å². The van der Waals surface area contributed by atoms with Crippen LogP contribution in [0, 0.1) is 0 Å². The van der Waals surface area contributed by atoms with Crippen LogP contribution in [0.5, 0.6) is 17.2 Å². The number of ether oxygens (including phenoxy) is 3. The van der Waals surface area contributed by atoms with Gasteiger partial charge < -0.3 is 18.6 Å². The van der Waals surface area contributed by atoms with Crippen molar-refractivity contribution < 1.29 is 18.6 Å². The first kappa shape index (κ1) is 17.4. The summed E-state index contributed by atoms with van der Waals surface area (Å²) in [5, 5.41) is 8.87. The van der Waals surface area contributed by atoms with Crippen LogP contribution in [0.1, 0.15) is 5.89 Å². The van der Waals surface area contributed by atoms with E-state index in [4.69, 9.17) is 41.8 Å². The molecule has 6 nitrogen and oxygen atoms in total. The standard InChI is InChI=1S/C17H14Cl2N2O4/c1-22-14-6-3-10(7-15(14)23-2)17-21-20-16(25-17)9-24-11-4-5-12(18)13(19)8-11/h3-8H,9H2,1-2H3. The lowest BCUT2D eigenvalue weighted by molar-refractivity contribution is 0.264. The highest BCUT2D eigenvalue weighted by atomic mass is 35.5. The van der Waals surface area contributed by atoms with Gasteiger partial charge in [0.25, 0.3) is 5.89 Å². The predicted octanol–water partition coefficient (Wildman–Crippen LogP) is 4.64. The van der Waals surface area contributed by atoms with Gasteiger partial charge in [0.05, 0.1) is 24.3 Å². The maximum absolute atomic E-state index is 5.95. The topological polar surface area (TPSA) is 66.6 Å². The summed E-state index contributed by atoms with van der Waals surface area (Å²) in [5.41, 5.74) is 0.714. The molecular formula is C17H14Cl2N2O4. The molecule has 0 saturated carbocycles. The molecule has 0 bridgehead atoms. The Hall–Kier alpha value is -2.44. The fourth-order valence-electron chi connectivity index (χ4n) is 2.11. The first-order valence-corrected chi connectivity index (χ1v) is 7.99. The summed E-state index contributed by atoms with van der Waals surface area (Å²) in [4.78, 5) is 0. The molecule has 0 aliphatic rings. The van der Waals surface area contributed by atoms with Crippen LogP contribution in [0.15, 0.2) is 40.8 Å². The first-order chi connectivity index (χ1) is 12.1. The molecule has 8 heteroatoms. The molecule has 0 N–H and O–H groups in total. The van der Waals surface area contributed by atoms with Crippen LogP contribution in [-0.4, -0.2) is 24.4 Å². The zero-order valence-electron chi connectivity index (χ0n) is 13.5. The minimum absolute atomic E-state index is 0.109. The highest BCUT2D eigenvalue weighted by Gasteiger charge is 2.13. The van der Waals surface area contributed by atoms with E-state index in [1.165, 1.54) is 0 Å². The second kappa shape index (κ2) is 7.63. The molecule has 3 aromatic rings. The lowest BCUT2D eigenvalue weighted by Crippen LogP contribution is -1.95. The van der Waals surface area contributed by atoms with Crippen molar-refractivity contribution in [3.05, 3.63) is 52.3 Å². The van der Waals surface area contributed by atoms with E-state index in [0.717, 1.165) is 0 Å². The zero-order chi connectivity index (χ0) is 17.8. The van der Waals surface area contributed by atoms with Gasteiger partial charge in [0.1, 0.15) is 5.75 Å². The molecule has 0 spiro atoms. The fraction of sp³-hybridized carbons (Fsp3) is 0.176. The van der Waals surface area contributed by atoms with E-state index in [2.05, 4.69) is 10.2 Å². The maximum atomic E-state index is 5.95. The van der Waals surface area contributed by atoms with E-state index in [-0.39, 0.29) is 6.61 Å².